The molecule has 0 bridgehead atoms. The van der Waals surface area contributed by atoms with Gasteiger partial charge in [-0.2, -0.15) is 11.8 Å². The van der Waals surface area contributed by atoms with Crippen molar-refractivity contribution in [3.63, 3.8) is 0 Å². The van der Waals surface area contributed by atoms with Crippen LogP contribution >= 0.6 is 11.8 Å². The van der Waals surface area contributed by atoms with Gasteiger partial charge in [-0.25, -0.2) is 0 Å². The minimum atomic E-state index is -0.824. The van der Waals surface area contributed by atoms with Crippen LogP contribution in [0.5, 0.6) is 0 Å². The number of unbranched alkanes of at least 4 members (excludes halogenated alkanes) is 1. The van der Waals surface area contributed by atoms with E-state index >= 15 is 0 Å². The highest BCUT2D eigenvalue weighted by Gasteiger charge is 2.28. The Hall–Kier alpha value is -0.220. The van der Waals surface area contributed by atoms with Crippen LogP contribution in [0.3, 0.4) is 0 Å². The monoisotopic (exact) mass is 247 g/mol. The van der Waals surface area contributed by atoms with E-state index in [-0.39, 0.29) is 5.97 Å². The SMILES string of the molecule is CCC(C)SCCCCC(C)(N)C(=O)OC. The molecule has 0 spiro atoms. The Balaban J connectivity index is 3.62. The van der Waals surface area contributed by atoms with Gasteiger partial charge in [0.2, 0.25) is 0 Å². The molecular weight excluding hydrogens is 222 g/mol. The summed E-state index contributed by atoms with van der Waals surface area (Å²) in [7, 11) is 1.38. The van der Waals surface area contributed by atoms with Crippen molar-refractivity contribution in [2.75, 3.05) is 12.9 Å². The first kappa shape index (κ1) is 15.8. The van der Waals surface area contributed by atoms with Crippen molar-refractivity contribution in [3.8, 4) is 0 Å². The second-order valence-electron chi connectivity index (χ2n) is 4.46. The molecule has 0 rings (SSSR count). The molecule has 0 aliphatic rings. The summed E-state index contributed by atoms with van der Waals surface area (Å²) in [4.78, 5) is 11.3. The van der Waals surface area contributed by atoms with Crippen molar-refractivity contribution in [2.24, 2.45) is 5.73 Å². The van der Waals surface area contributed by atoms with Crippen molar-refractivity contribution in [3.05, 3.63) is 0 Å². The third kappa shape index (κ3) is 6.38. The number of methoxy groups -OCH3 is 1. The Kier molecular flexibility index (Phi) is 7.85. The molecule has 0 fully saturated rings. The molecule has 3 nitrogen and oxygen atoms in total. The molecular formula is C12H25NO2S. The average molecular weight is 247 g/mol. The summed E-state index contributed by atoms with van der Waals surface area (Å²) in [6.07, 6.45) is 3.99. The molecule has 4 heteroatoms. The molecule has 0 aromatic heterocycles. The van der Waals surface area contributed by atoms with Crippen LogP contribution in [0.4, 0.5) is 0 Å². The lowest BCUT2D eigenvalue weighted by molar-refractivity contribution is -0.146. The van der Waals surface area contributed by atoms with Gasteiger partial charge in [0.15, 0.2) is 0 Å². The zero-order chi connectivity index (χ0) is 12.6. The van der Waals surface area contributed by atoms with Crippen molar-refractivity contribution in [1.82, 2.24) is 0 Å². The predicted molar refractivity (Wildman–Crippen MR) is 70.7 cm³/mol. The van der Waals surface area contributed by atoms with E-state index in [4.69, 9.17) is 5.73 Å². The van der Waals surface area contributed by atoms with Crippen LogP contribution in [-0.2, 0) is 9.53 Å². The third-order valence-corrected chi connectivity index (χ3v) is 4.15. The van der Waals surface area contributed by atoms with E-state index in [9.17, 15) is 4.79 Å². The van der Waals surface area contributed by atoms with Crippen LogP contribution in [-0.4, -0.2) is 29.6 Å². The topological polar surface area (TPSA) is 52.3 Å². The summed E-state index contributed by atoms with van der Waals surface area (Å²) in [5.41, 5.74) is 5.03. The second-order valence-corrected chi connectivity index (χ2v) is 6.00. The Morgan fingerprint density at radius 1 is 1.50 bits per heavy atom. The molecule has 0 aliphatic carbocycles. The highest BCUT2D eigenvalue weighted by Crippen LogP contribution is 2.18. The molecule has 2 unspecified atom stereocenters. The highest BCUT2D eigenvalue weighted by atomic mass is 32.2. The zero-order valence-corrected chi connectivity index (χ0v) is 11.7. The van der Waals surface area contributed by atoms with E-state index in [0.29, 0.717) is 6.42 Å². The molecule has 0 heterocycles. The van der Waals surface area contributed by atoms with E-state index in [1.54, 1.807) is 6.92 Å². The van der Waals surface area contributed by atoms with Crippen LogP contribution in [0.2, 0.25) is 0 Å². The van der Waals surface area contributed by atoms with Crippen molar-refractivity contribution >= 4 is 17.7 Å². The van der Waals surface area contributed by atoms with Gasteiger partial charge in [0.1, 0.15) is 5.54 Å². The number of nitrogens with two attached hydrogens (primary N) is 1. The largest absolute Gasteiger partial charge is 0.468 e. The number of hydrogen-bond acceptors (Lipinski definition) is 4. The average Bonchev–Trinajstić information content (AvgIpc) is 2.26. The van der Waals surface area contributed by atoms with E-state index in [1.165, 1.54) is 13.5 Å². The molecule has 2 N–H and O–H groups in total. The summed E-state index contributed by atoms with van der Waals surface area (Å²) < 4.78 is 4.66. The van der Waals surface area contributed by atoms with E-state index in [0.717, 1.165) is 23.8 Å². The van der Waals surface area contributed by atoms with Gasteiger partial charge in [-0.05, 0) is 31.9 Å². The summed E-state index contributed by atoms with van der Waals surface area (Å²) >= 11 is 1.98. The summed E-state index contributed by atoms with van der Waals surface area (Å²) in [5, 5.41) is 0.727. The van der Waals surface area contributed by atoms with Crippen LogP contribution < -0.4 is 5.73 Å². The van der Waals surface area contributed by atoms with Crippen LogP contribution in [0, 0.1) is 0 Å². The first-order chi connectivity index (χ1) is 7.44. The molecule has 0 amide bonds. The van der Waals surface area contributed by atoms with Crippen molar-refractivity contribution in [1.29, 1.82) is 0 Å². The maximum atomic E-state index is 11.3. The fourth-order valence-electron chi connectivity index (χ4n) is 1.33. The zero-order valence-electron chi connectivity index (χ0n) is 10.9. The van der Waals surface area contributed by atoms with Gasteiger partial charge >= 0.3 is 5.97 Å². The summed E-state index contributed by atoms with van der Waals surface area (Å²) in [6, 6.07) is 0. The van der Waals surface area contributed by atoms with Crippen LogP contribution in [0.25, 0.3) is 0 Å². The minimum absolute atomic E-state index is 0.318. The first-order valence-corrected chi connectivity index (χ1v) is 6.97. The van der Waals surface area contributed by atoms with Crippen molar-refractivity contribution < 1.29 is 9.53 Å². The van der Waals surface area contributed by atoms with Gasteiger partial charge in [-0.15, -0.1) is 0 Å². The van der Waals surface area contributed by atoms with Gasteiger partial charge in [0, 0.05) is 5.25 Å². The normalized spacial score (nSPS) is 16.6. The molecule has 2 atom stereocenters. The molecule has 0 saturated heterocycles. The van der Waals surface area contributed by atoms with Gasteiger partial charge in [-0.3, -0.25) is 4.79 Å². The molecule has 0 aromatic rings. The fourth-order valence-corrected chi connectivity index (χ4v) is 2.34. The van der Waals surface area contributed by atoms with Gasteiger partial charge in [0.05, 0.1) is 7.11 Å². The van der Waals surface area contributed by atoms with E-state index in [2.05, 4.69) is 18.6 Å². The Morgan fingerprint density at radius 3 is 2.62 bits per heavy atom. The second kappa shape index (κ2) is 7.96. The lowest BCUT2D eigenvalue weighted by atomic mass is 9.97. The number of carbonyl (C=O) groups is 1. The number of rotatable bonds is 8. The molecule has 0 radical (unpaired) electrons. The summed E-state index contributed by atoms with van der Waals surface area (Å²) in [6.45, 7) is 6.18. The first-order valence-electron chi connectivity index (χ1n) is 5.93. The lowest BCUT2D eigenvalue weighted by Gasteiger charge is -2.21. The van der Waals surface area contributed by atoms with Crippen molar-refractivity contribution in [2.45, 2.75) is 57.2 Å². The Labute approximate surface area is 103 Å². The van der Waals surface area contributed by atoms with Gasteiger partial charge in [-0.1, -0.05) is 20.3 Å². The molecule has 16 heavy (non-hydrogen) atoms. The standard InChI is InChI=1S/C12H25NO2S/c1-5-10(2)16-9-7-6-8-12(3,13)11(14)15-4/h10H,5-9,13H2,1-4H3. The molecule has 0 aliphatic heterocycles. The van der Waals surface area contributed by atoms with Gasteiger partial charge in [0.25, 0.3) is 0 Å². The smallest absolute Gasteiger partial charge is 0.325 e. The maximum Gasteiger partial charge on any atom is 0.325 e. The molecule has 0 saturated carbocycles. The number of ether oxygens (including phenoxy) is 1. The Morgan fingerprint density at radius 2 is 2.12 bits per heavy atom. The van der Waals surface area contributed by atoms with Crippen LogP contribution in [0.1, 0.15) is 46.5 Å². The number of hydrogen-bond donors (Lipinski definition) is 1. The van der Waals surface area contributed by atoms with Crippen LogP contribution in [0.15, 0.2) is 0 Å². The maximum absolute atomic E-state index is 11.3. The van der Waals surface area contributed by atoms with E-state index < -0.39 is 5.54 Å². The minimum Gasteiger partial charge on any atom is -0.468 e. The van der Waals surface area contributed by atoms with Gasteiger partial charge < -0.3 is 10.5 Å². The summed E-state index contributed by atoms with van der Waals surface area (Å²) in [5.74, 6) is 0.828. The fraction of sp³-hybridized carbons (Fsp3) is 0.917. The number of esters is 1. The number of thioether (sulfide) groups is 1. The molecule has 96 valence electrons. The lowest BCUT2D eigenvalue weighted by Crippen LogP contribution is -2.45. The number of carbonyl (C=O) groups excluding carboxylic acids is 1. The third-order valence-electron chi connectivity index (χ3n) is 2.72. The Bertz CT molecular complexity index is 207. The molecule has 0 aromatic carbocycles. The van der Waals surface area contributed by atoms with E-state index in [1.807, 2.05) is 11.8 Å². The predicted octanol–water partition coefficient (Wildman–Crippen LogP) is 2.58. The highest BCUT2D eigenvalue weighted by molar-refractivity contribution is 7.99. The quantitative estimate of drug-likeness (QED) is 0.529.